The number of nitrogen functional groups attached to an aromatic ring is 2. The molecule has 0 aliphatic heterocycles. The minimum absolute atomic E-state index is 0.143. The quantitative estimate of drug-likeness (QED) is 0.165. The average molecular weight is 659 g/mol. The number of thiophene rings is 2. The predicted molar refractivity (Wildman–Crippen MR) is 198 cm³/mol. The summed E-state index contributed by atoms with van der Waals surface area (Å²) >= 11 is 2.62. The third-order valence-electron chi connectivity index (χ3n) is 8.37. The number of benzene rings is 4. The number of hydrogen-bond acceptors (Lipinski definition) is 8. The van der Waals surface area contributed by atoms with E-state index in [4.69, 9.17) is 21.4 Å². The van der Waals surface area contributed by atoms with E-state index in [-0.39, 0.29) is 11.6 Å². The van der Waals surface area contributed by atoms with Gasteiger partial charge in [-0.2, -0.15) is 0 Å². The van der Waals surface area contributed by atoms with E-state index in [1.807, 2.05) is 109 Å². The van der Waals surface area contributed by atoms with Crippen molar-refractivity contribution < 1.29 is 9.59 Å². The fraction of sp³-hybridized carbons (Fsp3) is 0. The van der Waals surface area contributed by atoms with E-state index in [9.17, 15) is 9.59 Å². The van der Waals surface area contributed by atoms with Gasteiger partial charge in [0.15, 0.2) is 0 Å². The highest BCUT2D eigenvalue weighted by atomic mass is 32.1. The Labute approximate surface area is 284 Å². The van der Waals surface area contributed by atoms with Gasteiger partial charge in [-0.05, 0) is 35.4 Å². The van der Waals surface area contributed by atoms with Crippen molar-refractivity contribution in [2.75, 3.05) is 11.5 Å². The number of aromatic nitrogens is 2. The van der Waals surface area contributed by atoms with E-state index in [0.29, 0.717) is 32.3 Å². The van der Waals surface area contributed by atoms with Crippen molar-refractivity contribution in [3.63, 3.8) is 0 Å². The maximum atomic E-state index is 13.5. The van der Waals surface area contributed by atoms with E-state index in [0.717, 1.165) is 54.1 Å². The van der Waals surface area contributed by atoms with Crippen molar-refractivity contribution in [2.24, 2.45) is 0 Å². The second kappa shape index (κ2) is 12.0. The zero-order chi connectivity index (χ0) is 32.8. The first-order chi connectivity index (χ1) is 23.4. The number of fused-ring (bicyclic) bond motifs is 2. The molecule has 8 rings (SSSR count). The molecular weight excluding hydrogens is 633 g/mol. The van der Waals surface area contributed by atoms with Gasteiger partial charge in [0.1, 0.15) is 19.4 Å². The minimum atomic E-state index is -0.143. The summed E-state index contributed by atoms with van der Waals surface area (Å²) in [5, 5.41) is 1.56. The predicted octanol–water partition coefficient (Wildman–Crippen LogP) is 9.53. The Hall–Kier alpha value is -5.96. The molecule has 8 aromatic rings. The number of ketones is 2. The van der Waals surface area contributed by atoms with Crippen molar-refractivity contribution >= 4 is 66.0 Å². The zero-order valence-electron chi connectivity index (χ0n) is 25.4. The van der Waals surface area contributed by atoms with Crippen LogP contribution in [0, 0.1) is 0 Å². The maximum absolute atomic E-state index is 13.5. The first kappa shape index (κ1) is 29.4. The molecule has 0 atom stereocenters. The highest BCUT2D eigenvalue weighted by molar-refractivity contribution is 7.21. The zero-order valence-corrected chi connectivity index (χ0v) is 27.0. The Balaban J connectivity index is 1.01. The van der Waals surface area contributed by atoms with Crippen LogP contribution in [0.2, 0.25) is 0 Å². The fourth-order valence-corrected chi connectivity index (χ4v) is 7.87. The van der Waals surface area contributed by atoms with E-state index in [1.54, 1.807) is 24.3 Å². The summed E-state index contributed by atoms with van der Waals surface area (Å²) in [6.07, 6.45) is 0. The van der Waals surface area contributed by atoms with E-state index < -0.39 is 0 Å². The summed E-state index contributed by atoms with van der Waals surface area (Å²) in [6, 6.07) is 42.4. The number of nitrogens with two attached hydrogens (primary N) is 2. The minimum Gasteiger partial charge on any atom is -0.397 e. The molecule has 0 saturated carbocycles. The van der Waals surface area contributed by atoms with Gasteiger partial charge in [-0.3, -0.25) is 9.59 Å². The van der Waals surface area contributed by atoms with Crippen molar-refractivity contribution in [2.45, 2.75) is 0 Å². The molecule has 0 bridgehead atoms. The molecule has 4 N–H and O–H groups in total. The van der Waals surface area contributed by atoms with Crippen molar-refractivity contribution in [1.82, 2.24) is 9.97 Å². The number of rotatable bonds is 7. The van der Waals surface area contributed by atoms with Crippen LogP contribution in [-0.4, -0.2) is 21.5 Å². The number of pyridine rings is 2. The Morgan fingerprint density at radius 1 is 0.438 bits per heavy atom. The SMILES string of the molecule is Nc1c(C(=O)c2ccc(-c3ccc(C(=O)c4sc5nc(-c6ccccc6)ccc5c4N)cc3)cc2)sc2nc(-c3ccccc3)ccc12. The fourth-order valence-electron chi connectivity index (χ4n) is 5.76. The smallest absolute Gasteiger partial charge is 0.205 e. The van der Waals surface area contributed by atoms with Crippen LogP contribution in [0.5, 0.6) is 0 Å². The highest BCUT2D eigenvalue weighted by Gasteiger charge is 2.21. The molecule has 4 aromatic carbocycles. The van der Waals surface area contributed by atoms with Crippen LogP contribution in [0.1, 0.15) is 30.5 Å². The first-order valence-corrected chi connectivity index (χ1v) is 16.9. The van der Waals surface area contributed by atoms with Crippen LogP contribution in [0.25, 0.3) is 54.1 Å². The topological polar surface area (TPSA) is 112 Å². The normalized spacial score (nSPS) is 11.2. The van der Waals surface area contributed by atoms with Crippen molar-refractivity contribution in [1.29, 1.82) is 0 Å². The third-order valence-corrected chi connectivity index (χ3v) is 10.6. The molecule has 0 saturated heterocycles. The lowest BCUT2D eigenvalue weighted by atomic mass is 9.99. The van der Waals surface area contributed by atoms with E-state index in [1.165, 1.54) is 22.7 Å². The van der Waals surface area contributed by atoms with Gasteiger partial charge in [-0.1, -0.05) is 109 Å². The molecule has 230 valence electrons. The number of carbonyl (C=O) groups is 2. The van der Waals surface area contributed by atoms with Crippen LogP contribution in [-0.2, 0) is 0 Å². The van der Waals surface area contributed by atoms with Gasteiger partial charge in [0.05, 0.1) is 22.8 Å². The first-order valence-electron chi connectivity index (χ1n) is 15.2. The molecule has 6 nitrogen and oxygen atoms in total. The number of hydrogen-bond donors (Lipinski definition) is 2. The van der Waals surface area contributed by atoms with E-state index in [2.05, 4.69) is 0 Å². The van der Waals surface area contributed by atoms with Crippen LogP contribution in [0.4, 0.5) is 11.4 Å². The summed E-state index contributed by atoms with van der Waals surface area (Å²) in [4.78, 5) is 39.0. The summed E-state index contributed by atoms with van der Waals surface area (Å²) in [5.74, 6) is -0.286. The monoisotopic (exact) mass is 658 g/mol. The van der Waals surface area contributed by atoms with Gasteiger partial charge >= 0.3 is 0 Å². The lowest BCUT2D eigenvalue weighted by Crippen LogP contribution is -2.02. The second-order valence-corrected chi connectivity index (χ2v) is 13.3. The van der Waals surface area contributed by atoms with E-state index >= 15 is 0 Å². The average Bonchev–Trinajstić information content (AvgIpc) is 3.67. The Bertz CT molecular complexity index is 2310. The molecule has 0 amide bonds. The van der Waals surface area contributed by atoms with Gasteiger partial charge in [-0.15, -0.1) is 22.7 Å². The standard InChI is InChI=1S/C40H26N4O2S2/c41-33-29-19-21-31(25-7-3-1-4-8-25)43-39(29)47-37(33)35(45)27-15-11-23(12-16-27)24-13-17-28(18-14-24)36(46)38-34(42)30-20-22-32(44-40(30)48-38)26-9-5-2-6-10-26/h1-22H,41-42H2. The Morgan fingerprint density at radius 3 is 1.19 bits per heavy atom. The highest BCUT2D eigenvalue weighted by Crippen LogP contribution is 2.37. The Kier molecular flexibility index (Phi) is 7.36. The number of carbonyl (C=O) groups excluding carboxylic acids is 2. The molecule has 0 aliphatic carbocycles. The van der Waals surface area contributed by atoms with Crippen LogP contribution >= 0.6 is 22.7 Å². The lowest BCUT2D eigenvalue weighted by Gasteiger charge is -2.06. The van der Waals surface area contributed by atoms with Crippen LogP contribution in [0.15, 0.2) is 133 Å². The summed E-state index contributed by atoms with van der Waals surface area (Å²) in [5.41, 5.74) is 20.4. The van der Waals surface area contributed by atoms with Crippen LogP contribution in [0.3, 0.4) is 0 Å². The number of nitrogens with zero attached hydrogens (tertiary/aromatic N) is 2. The maximum Gasteiger partial charge on any atom is 0.205 e. The molecule has 8 heteroatoms. The Morgan fingerprint density at radius 2 is 0.812 bits per heavy atom. The molecule has 0 spiro atoms. The second-order valence-electron chi connectivity index (χ2n) is 11.3. The summed E-state index contributed by atoms with van der Waals surface area (Å²) < 4.78 is 0. The third kappa shape index (κ3) is 5.23. The van der Waals surface area contributed by atoms with Gasteiger partial charge in [0.2, 0.25) is 11.6 Å². The molecule has 0 fully saturated rings. The largest absolute Gasteiger partial charge is 0.397 e. The van der Waals surface area contributed by atoms with Gasteiger partial charge < -0.3 is 11.5 Å². The van der Waals surface area contributed by atoms with Gasteiger partial charge in [0, 0.05) is 33.0 Å². The lowest BCUT2D eigenvalue weighted by molar-refractivity contribution is 0.103. The summed E-state index contributed by atoms with van der Waals surface area (Å²) in [7, 11) is 0. The molecule has 0 unspecified atom stereocenters. The van der Waals surface area contributed by atoms with Crippen LogP contribution < -0.4 is 11.5 Å². The molecule has 0 radical (unpaired) electrons. The molecular formula is C40H26N4O2S2. The molecule has 4 aromatic heterocycles. The summed E-state index contributed by atoms with van der Waals surface area (Å²) in [6.45, 7) is 0. The van der Waals surface area contributed by atoms with Crippen molar-refractivity contribution in [3.05, 3.63) is 154 Å². The van der Waals surface area contributed by atoms with Gasteiger partial charge in [0.25, 0.3) is 0 Å². The molecule has 0 aliphatic rings. The molecule has 48 heavy (non-hydrogen) atoms. The van der Waals surface area contributed by atoms with Crippen molar-refractivity contribution in [3.8, 4) is 33.6 Å². The van der Waals surface area contributed by atoms with Gasteiger partial charge in [-0.25, -0.2) is 9.97 Å². The molecule has 4 heterocycles. The number of anilines is 2.